The van der Waals surface area contributed by atoms with Gasteiger partial charge in [0.05, 0.1) is 0 Å². The summed E-state index contributed by atoms with van der Waals surface area (Å²) < 4.78 is 13.8. The highest BCUT2D eigenvalue weighted by Gasteiger charge is 2.11. The van der Waals surface area contributed by atoms with E-state index in [1.54, 1.807) is 25.8 Å². The Morgan fingerprint density at radius 3 is 1.43 bits per heavy atom. The average molecular weight is 123 g/mol. The molecule has 0 amide bonds. The molecule has 0 aromatic carbocycles. The molecule has 1 N–H and O–H groups in total. The lowest BCUT2D eigenvalue weighted by Gasteiger charge is -2.27. The van der Waals surface area contributed by atoms with E-state index in [-0.39, 0.29) is 0 Å². The number of hydrogen-bond donors (Lipinski definition) is 1. The molecule has 0 aromatic rings. The molecule has 0 radical (unpaired) electrons. The molecule has 0 aliphatic carbocycles. The lowest BCUT2D eigenvalue weighted by Crippen LogP contribution is -2.41. The van der Waals surface area contributed by atoms with Crippen molar-refractivity contribution in [3.63, 3.8) is 0 Å². The van der Waals surface area contributed by atoms with Crippen LogP contribution in [-0.4, -0.2) is 30.0 Å². The average Bonchev–Trinajstić information content (AvgIpc) is 1.32. The molecule has 0 bridgehead atoms. The van der Waals surface area contributed by atoms with Crippen molar-refractivity contribution >= 4 is 9.25 Å². The summed E-state index contributed by atoms with van der Waals surface area (Å²) in [5, 5.41) is 0. The molecule has 0 rings (SSSR count). The molecule has 46 valence electrons. The van der Waals surface area contributed by atoms with Gasteiger partial charge < -0.3 is 0 Å². The van der Waals surface area contributed by atoms with Crippen LogP contribution in [0.1, 0.15) is 0 Å². The minimum Gasteiger partial charge on any atom is -0.269 e. The van der Waals surface area contributed by atoms with E-state index in [1.807, 2.05) is 0 Å². The maximum absolute atomic E-state index is 11.0. The first-order valence-electron chi connectivity index (χ1n) is 2.10. The van der Waals surface area contributed by atoms with Gasteiger partial charge in [0, 0.05) is 18.8 Å². The van der Waals surface area contributed by atoms with Crippen molar-refractivity contribution in [3.8, 4) is 0 Å². The van der Waals surface area contributed by atoms with Crippen LogP contribution in [0.4, 0.5) is 0 Å². The molecule has 0 fully saturated rings. The predicted molar refractivity (Wildman–Crippen MR) is 35.0 cm³/mol. The summed E-state index contributed by atoms with van der Waals surface area (Å²) in [5.74, 6) is 0. The van der Waals surface area contributed by atoms with Crippen LogP contribution >= 0.6 is 0 Å². The van der Waals surface area contributed by atoms with Crippen molar-refractivity contribution in [2.45, 2.75) is 0 Å². The molecular formula is C4H13NOS. The molecule has 0 saturated heterocycles. The minimum absolute atomic E-state index is 1.70. The second kappa shape index (κ2) is 1.29. The van der Waals surface area contributed by atoms with Gasteiger partial charge in [-0.15, -0.1) is 0 Å². The Balaban J connectivity index is 4.14. The van der Waals surface area contributed by atoms with E-state index in [1.165, 1.54) is 0 Å². The van der Waals surface area contributed by atoms with E-state index in [9.17, 15) is 4.21 Å². The summed E-state index contributed by atoms with van der Waals surface area (Å²) >= 11 is 0. The number of nitrogens with one attached hydrogen (secondary N) is 1. The summed E-state index contributed by atoms with van der Waals surface area (Å²) in [6.07, 6.45) is 5.12. The van der Waals surface area contributed by atoms with Gasteiger partial charge in [-0.3, -0.25) is 8.93 Å². The lowest BCUT2D eigenvalue weighted by molar-refractivity contribution is 0.662. The van der Waals surface area contributed by atoms with E-state index in [4.69, 9.17) is 0 Å². The van der Waals surface area contributed by atoms with Gasteiger partial charge in [-0.05, 0) is 7.05 Å². The number of hydrogen-bond acceptors (Lipinski definition) is 1. The molecule has 0 aliphatic rings. The lowest BCUT2D eigenvalue weighted by atomic mass is 11.6. The highest BCUT2D eigenvalue weighted by atomic mass is 32.3. The fourth-order valence-electron chi connectivity index (χ4n) is 0. The molecule has 0 aromatic heterocycles. The molecule has 0 spiro atoms. The third-order valence-corrected chi connectivity index (χ3v) is 2.09. The van der Waals surface area contributed by atoms with Crippen LogP contribution in [0.2, 0.25) is 0 Å². The van der Waals surface area contributed by atoms with Gasteiger partial charge >= 0.3 is 0 Å². The quantitative estimate of drug-likeness (QED) is 0.515. The molecule has 0 saturated carbocycles. The van der Waals surface area contributed by atoms with Gasteiger partial charge in [-0.2, -0.15) is 0 Å². The van der Waals surface area contributed by atoms with Crippen molar-refractivity contribution in [1.82, 2.24) is 4.72 Å². The summed E-state index contributed by atoms with van der Waals surface area (Å²) in [6, 6.07) is 0. The SMILES string of the molecule is CNS(C)(C)(C)=O. The van der Waals surface area contributed by atoms with Gasteiger partial charge in [0.25, 0.3) is 0 Å². The Kier molecular flexibility index (Phi) is 1.31. The van der Waals surface area contributed by atoms with Crippen LogP contribution in [-0.2, 0) is 9.25 Å². The Hall–Kier alpha value is 0.110. The first-order valence-corrected chi connectivity index (χ1v) is 5.29. The molecule has 0 unspecified atom stereocenters. The van der Waals surface area contributed by atoms with Crippen LogP contribution in [0.25, 0.3) is 0 Å². The fourth-order valence-corrected chi connectivity index (χ4v) is 0. The zero-order valence-electron chi connectivity index (χ0n) is 5.32. The third kappa shape index (κ3) is 6.11. The van der Waals surface area contributed by atoms with Gasteiger partial charge in [0.2, 0.25) is 0 Å². The highest BCUT2D eigenvalue weighted by molar-refractivity contribution is 8.16. The zero-order valence-corrected chi connectivity index (χ0v) is 6.13. The molecule has 3 heteroatoms. The third-order valence-electron chi connectivity index (χ3n) is 0.696. The molecular weight excluding hydrogens is 110 g/mol. The molecule has 2 nitrogen and oxygen atoms in total. The Morgan fingerprint density at radius 2 is 1.43 bits per heavy atom. The molecule has 0 atom stereocenters. The molecule has 7 heavy (non-hydrogen) atoms. The van der Waals surface area contributed by atoms with Gasteiger partial charge in [0.15, 0.2) is 0 Å². The monoisotopic (exact) mass is 123 g/mol. The van der Waals surface area contributed by atoms with E-state index in [0.717, 1.165) is 0 Å². The van der Waals surface area contributed by atoms with Crippen LogP contribution in [0.5, 0.6) is 0 Å². The smallest absolute Gasteiger partial charge is 0.00316 e. The highest BCUT2D eigenvalue weighted by Crippen LogP contribution is 2.01. The number of rotatable bonds is 1. The first kappa shape index (κ1) is 7.11. The topological polar surface area (TPSA) is 29.1 Å². The first-order chi connectivity index (χ1) is 2.81. The maximum Gasteiger partial charge on any atom is 0.00316 e. The Morgan fingerprint density at radius 1 is 1.29 bits per heavy atom. The summed E-state index contributed by atoms with van der Waals surface area (Å²) in [5.41, 5.74) is 0. The standard InChI is InChI=1S/C4H13NOS/c1-5-7(2,3,4)6/h1-4H3,(H,5,6). The van der Waals surface area contributed by atoms with Crippen LogP contribution in [0.15, 0.2) is 0 Å². The van der Waals surface area contributed by atoms with Crippen molar-refractivity contribution in [2.75, 3.05) is 25.8 Å². The minimum atomic E-state index is -2.37. The van der Waals surface area contributed by atoms with Crippen LogP contribution < -0.4 is 4.72 Å². The van der Waals surface area contributed by atoms with Gasteiger partial charge in [-0.1, -0.05) is 9.25 Å². The van der Waals surface area contributed by atoms with E-state index < -0.39 is 9.25 Å². The second-order valence-electron chi connectivity index (χ2n) is 2.62. The summed E-state index contributed by atoms with van der Waals surface area (Å²) in [4.78, 5) is 0. The van der Waals surface area contributed by atoms with Gasteiger partial charge in [0.1, 0.15) is 0 Å². The summed E-state index contributed by atoms with van der Waals surface area (Å²) in [7, 11) is -0.662. The maximum atomic E-state index is 11.0. The van der Waals surface area contributed by atoms with Crippen molar-refractivity contribution in [1.29, 1.82) is 0 Å². The largest absolute Gasteiger partial charge is 0.269 e. The van der Waals surface area contributed by atoms with Crippen molar-refractivity contribution < 1.29 is 4.21 Å². The van der Waals surface area contributed by atoms with E-state index in [2.05, 4.69) is 4.72 Å². The van der Waals surface area contributed by atoms with E-state index in [0.29, 0.717) is 0 Å². The van der Waals surface area contributed by atoms with Crippen LogP contribution in [0, 0.1) is 0 Å². The molecule has 0 heterocycles. The Bertz CT molecular complexity index is 113. The fraction of sp³-hybridized carbons (Fsp3) is 1.00. The van der Waals surface area contributed by atoms with Gasteiger partial charge in [-0.25, -0.2) is 0 Å². The predicted octanol–water partition coefficient (Wildman–Crippen LogP) is -0.170. The normalized spacial score (nSPS) is 18.0. The Labute approximate surface area is 44.8 Å². The summed E-state index contributed by atoms with van der Waals surface area (Å²) in [6.45, 7) is 0. The zero-order chi connectivity index (χ0) is 6.15. The second-order valence-corrected chi connectivity index (χ2v) is 7.87. The van der Waals surface area contributed by atoms with E-state index >= 15 is 0 Å². The van der Waals surface area contributed by atoms with Crippen molar-refractivity contribution in [2.24, 2.45) is 0 Å². The molecule has 0 aliphatic heterocycles. The van der Waals surface area contributed by atoms with Crippen LogP contribution in [0.3, 0.4) is 0 Å². The van der Waals surface area contributed by atoms with Crippen molar-refractivity contribution in [3.05, 3.63) is 0 Å².